The van der Waals surface area contributed by atoms with Crippen LogP contribution in [0.2, 0.25) is 0 Å². The van der Waals surface area contributed by atoms with Crippen LogP contribution in [-0.4, -0.2) is 11.7 Å². The van der Waals surface area contributed by atoms with Gasteiger partial charge in [0.25, 0.3) is 0 Å². The van der Waals surface area contributed by atoms with E-state index in [9.17, 15) is 5.11 Å². The van der Waals surface area contributed by atoms with E-state index in [4.69, 9.17) is 4.74 Å². The molecule has 1 saturated carbocycles. The number of aliphatic hydroxyl groups excluding tert-OH is 1. The predicted octanol–water partition coefficient (Wildman–Crippen LogP) is 6.39. The molecule has 0 radical (unpaired) electrons. The van der Waals surface area contributed by atoms with Gasteiger partial charge in [-0.1, -0.05) is 70.5 Å². The number of fused-ring (bicyclic) bond motifs is 3. The average Bonchev–Trinajstić information content (AvgIpc) is 2.72. The zero-order valence-electron chi connectivity index (χ0n) is 18.5. The van der Waals surface area contributed by atoms with Crippen LogP contribution in [0.4, 0.5) is 0 Å². The van der Waals surface area contributed by atoms with E-state index in [-0.39, 0.29) is 10.8 Å². The van der Waals surface area contributed by atoms with Crippen LogP contribution in [0.15, 0.2) is 42.5 Å². The van der Waals surface area contributed by atoms with Crippen LogP contribution in [-0.2, 0) is 18.4 Å². The third kappa shape index (κ3) is 3.61. The Morgan fingerprint density at radius 3 is 2.55 bits per heavy atom. The fourth-order valence-electron chi connectivity index (χ4n) is 6.15. The highest BCUT2D eigenvalue weighted by Crippen LogP contribution is 2.57. The normalized spacial score (nSPS) is 28.7. The van der Waals surface area contributed by atoms with Gasteiger partial charge in [0.1, 0.15) is 12.4 Å². The van der Waals surface area contributed by atoms with Crippen LogP contribution < -0.4 is 4.74 Å². The Morgan fingerprint density at radius 1 is 1.10 bits per heavy atom. The standard InChI is InChI=1S/C27H36O2/c1-19(2)22-15-21-11-12-25-26(3,18-28)13-8-14-27(25,4)23(21)16-24(22)29-17-20-9-6-5-7-10-20/h5-7,9-10,15-16,19,25,28H,8,11-14,17-18H2,1-4H3/t25-,26-,27+/m0/s1. The lowest BCUT2D eigenvalue weighted by Gasteiger charge is -2.55. The first-order valence-electron chi connectivity index (χ1n) is 11.3. The molecule has 0 aliphatic heterocycles. The van der Waals surface area contributed by atoms with E-state index in [1.807, 2.05) is 6.07 Å². The molecule has 2 heteroatoms. The van der Waals surface area contributed by atoms with Crippen LogP contribution >= 0.6 is 0 Å². The van der Waals surface area contributed by atoms with Gasteiger partial charge in [-0.25, -0.2) is 0 Å². The summed E-state index contributed by atoms with van der Waals surface area (Å²) in [6, 6.07) is 15.2. The van der Waals surface area contributed by atoms with Crippen molar-refractivity contribution in [1.29, 1.82) is 0 Å². The number of rotatable bonds is 5. The zero-order valence-corrected chi connectivity index (χ0v) is 18.5. The number of hydrogen-bond acceptors (Lipinski definition) is 2. The van der Waals surface area contributed by atoms with E-state index in [0.717, 1.165) is 18.6 Å². The first-order valence-corrected chi connectivity index (χ1v) is 11.3. The van der Waals surface area contributed by atoms with Crippen LogP contribution in [0, 0.1) is 11.3 Å². The number of ether oxygens (including phenoxy) is 1. The summed E-state index contributed by atoms with van der Waals surface area (Å²) < 4.78 is 6.40. The molecular formula is C27H36O2. The highest BCUT2D eigenvalue weighted by atomic mass is 16.5. The van der Waals surface area contributed by atoms with Crippen molar-refractivity contribution in [3.63, 3.8) is 0 Å². The van der Waals surface area contributed by atoms with Crippen LogP contribution in [0.5, 0.6) is 5.75 Å². The molecule has 29 heavy (non-hydrogen) atoms. The second-order valence-corrected chi connectivity index (χ2v) is 10.2. The molecule has 0 bridgehead atoms. The van der Waals surface area contributed by atoms with Crippen molar-refractivity contribution in [2.24, 2.45) is 11.3 Å². The molecule has 4 rings (SSSR count). The molecule has 0 saturated heterocycles. The lowest BCUT2D eigenvalue weighted by atomic mass is 9.50. The molecule has 3 atom stereocenters. The molecule has 0 aromatic heterocycles. The smallest absolute Gasteiger partial charge is 0.123 e. The molecule has 156 valence electrons. The lowest BCUT2D eigenvalue weighted by molar-refractivity contribution is -0.0180. The van der Waals surface area contributed by atoms with Crippen LogP contribution in [0.1, 0.15) is 81.5 Å². The summed E-state index contributed by atoms with van der Waals surface area (Å²) in [7, 11) is 0. The van der Waals surface area contributed by atoms with Gasteiger partial charge in [0, 0.05) is 6.61 Å². The van der Waals surface area contributed by atoms with Crippen molar-refractivity contribution in [3.8, 4) is 5.75 Å². The van der Waals surface area contributed by atoms with Crippen molar-refractivity contribution >= 4 is 0 Å². The van der Waals surface area contributed by atoms with Crippen molar-refractivity contribution < 1.29 is 9.84 Å². The van der Waals surface area contributed by atoms with Gasteiger partial charge in [-0.3, -0.25) is 0 Å². The molecule has 2 aromatic carbocycles. The molecule has 0 heterocycles. The first-order chi connectivity index (χ1) is 13.9. The van der Waals surface area contributed by atoms with Crippen molar-refractivity contribution in [2.75, 3.05) is 6.61 Å². The quantitative estimate of drug-likeness (QED) is 0.639. The molecule has 2 aliphatic rings. The largest absolute Gasteiger partial charge is 0.489 e. The summed E-state index contributed by atoms with van der Waals surface area (Å²) in [5, 5.41) is 10.2. The van der Waals surface area contributed by atoms with Crippen LogP contribution in [0.25, 0.3) is 0 Å². The fourth-order valence-corrected chi connectivity index (χ4v) is 6.15. The van der Waals surface area contributed by atoms with E-state index in [1.54, 1.807) is 0 Å². The number of aliphatic hydroxyl groups is 1. The summed E-state index contributed by atoms with van der Waals surface area (Å²) >= 11 is 0. The van der Waals surface area contributed by atoms with E-state index < -0.39 is 0 Å². The Balaban J connectivity index is 1.73. The Bertz CT molecular complexity index is 856. The minimum absolute atomic E-state index is 0.0342. The third-order valence-electron chi connectivity index (χ3n) is 7.83. The maximum Gasteiger partial charge on any atom is 0.123 e. The Kier molecular flexibility index (Phi) is 5.50. The molecule has 0 amide bonds. The maximum atomic E-state index is 10.2. The fraction of sp³-hybridized carbons (Fsp3) is 0.556. The van der Waals surface area contributed by atoms with Gasteiger partial charge in [0.05, 0.1) is 0 Å². The van der Waals surface area contributed by atoms with Crippen molar-refractivity contribution in [1.82, 2.24) is 0 Å². The van der Waals surface area contributed by atoms with E-state index in [1.165, 1.54) is 41.5 Å². The SMILES string of the molecule is CC(C)c1cc2c(cc1OCc1ccccc1)[C@@]1(C)CCC[C@@](C)(CO)[C@@H]1CC2. The van der Waals surface area contributed by atoms with E-state index in [2.05, 4.69) is 64.1 Å². The molecule has 2 aromatic rings. The Labute approximate surface area is 176 Å². The predicted molar refractivity (Wildman–Crippen MR) is 120 cm³/mol. The van der Waals surface area contributed by atoms with Gasteiger partial charge in [-0.05, 0) is 76.7 Å². The minimum atomic E-state index is 0.0342. The molecule has 2 aliphatic carbocycles. The van der Waals surface area contributed by atoms with E-state index in [0.29, 0.717) is 25.0 Å². The summed E-state index contributed by atoms with van der Waals surface area (Å²) in [6.07, 6.45) is 5.84. The summed E-state index contributed by atoms with van der Waals surface area (Å²) in [5.74, 6) is 2.01. The maximum absolute atomic E-state index is 10.2. The summed E-state index contributed by atoms with van der Waals surface area (Å²) in [4.78, 5) is 0. The van der Waals surface area contributed by atoms with Crippen molar-refractivity contribution in [2.45, 2.75) is 77.7 Å². The summed E-state index contributed by atoms with van der Waals surface area (Å²) in [5.41, 5.74) is 5.66. The molecule has 1 fully saturated rings. The Hall–Kier alpha value is -1.80. The average molecular weight is 393 g/mol. The van der Waals surface area contributed by atoms with Gasteiger partial charge in [-0.15, -0.1) is 0 Å². The summed E-state index contributed by atoms with van der Waals surface area (Å²) in [6.45, 7) is 10.2. The molecule has 1 N–H and O–H groups in total. The molecule has 0 spiro atoms. The first kappa shape index (κ1) is 20.5. The minimum Gasteiger partial charge on any atom is -0.489 e. The zero-order chi connectivity index (χ0) is 20.6. The highest BCUT2D eigenvalue weighted by Gasteiger charge is 2.51. The van der Waals surface area contributed by atoms with Gasteiger partial charge in [0.15, 0.2) is 0 Å². The molecule has 2 nitrogen and oxygen atoms in total. The highest BCUT2D eigenvalue weighted by molar-refractivity contribution is 5.49. The Morgan fingerprint density at radius 2 is 1.86 bits per heavy atom. The number of hydrogen-bond donors (Lipinski definition) is 1. The topological polar surface area (TPSA) is 29.5 Å². The van der Waals surface area contributed by atoms with Gasteiger partial charge >= 0.3 is 0 Å². The lowest BCUT2D eigenvalue weighted by Crippen LogP contribution is -2.50. The second kappa shape index (κ2) is 7.80. The molecular weight excluding hydrogens is 356 g/mol. The van der Waals surface area contributed by atoms with Gasteiger partial charge in [0.2, 0.25) is 0 Å². The number of benzene rings is 2. The van der Waals surface area contributed by atoms with E-state index >= 15 is 0 Å². The molecule has 0 unspecified atom stereocenters. The van der Waals surface area contributed by atoms with Gasteiger partial charge in [-0.2, -0.15) is 0 Å². The second-order valence-electron chi connectivity index (χ2n) is 10.2. The van der Waals surface area contributed by atoms with Crippen LogP contribution in [0.3, 0.4) is 0 Å². The van der Waals surface area contributed by atoms with Gasteiger partial charge < -0.3 is 9.84 Å². The number of aryl methyl sites for hydroxylation is 1. The third-order valence-corrected chi connectivity index (χ3v) is 7.83. The van der Waals surface area contributed by atoms with Crippen molar-refractivity contribution in [3.05, 3.63) is 64.7 Å². The monoisotopic (exact) mass is 392 g/mol.